The van der Waals surface area contributed by atoms with Crippen molar-refractivity contribution in [3.63, 3.8) is 0 Å². The fourth-order valence-electron chi connectivity index (χ4n) is 0.992. The molecule has 0 aliphatic carbocycles. The smallest absolute Gasteiger partial charge is 0.309 e. The molecule has 0 aromatic carbocycles. The van der Waals surface area contributed by atoms with Crippen LogP contribution in [0, 0.1) is 0 Å². The Morgan fingerprint density at radius 2 is 2.21 bits per heavy atom. The maximum absolute atomic E-state index is 12.2. The fourth-order valence-corrected chi connectivity index (χ4v) is 0.992. The van der Waals surface area contributed by atoms with Gasteiger partial charge in [0.2, 0.25) is 0 Å². The zero-order valence-corrected chi connectivity index (χ0v) is 7.08. The van der Waals surface area contributed by atoms with E-state index in [4.69, 9.17) is 10.8 Å². The van der Waals surface area contributed by atoms with Gasteiger partial charge in [-0.15, -0.1) is 0 Å². The molecule has 0 fully saturated rings. The molecule has 0 bridgehead atoms. The highest BCUT2D eigenvalue weighted by Gasteiger charge is 2.12. The van der Waals surface area contributed by atoms with Crippen LogP contribution in [-0.2, 0) is 11.2 Å². The minimum Gasteiger partial charge on any atom is -0.481 e. The van der Waals surface area contributed by atoms with Gasteiger partial charge >= 0.3 is 5.97 Å². The number of alkyl halides is 2. The first-order chi connectivity index (χ1) is 6.49. The van der Waals surface area contributed by atoms with Gasteiger partial charge in [-0.05, 0) is 12.1 Å². The monoisotopic (exact) mass is 202 g/mol. The molecule has 1 aromatic heterocycles. The number of nitrogens with two attached hydrogens (primary N) is 1. The normalized spacial score (nSPS) is 10.5. The Morgan fingerprint density at radius 3 is 2.71 bits per heavy atom. The van der Waals surface area contributed by atoms with Crippen molar-refractivity contribution in [3.8, 4) is 0 Å². The summed E-state index contributed by atoms with van der Waals surface area (Å²) in [4.78, 5) is 13.8. The quantitative estimate of drug-likeness (QED) is 0.772. The van der Waals surface area contributed by atoms with Crippen LogP contribution >= 0.6 is 0 Å². The van der Waals surface area contributed by atoms with Crippen LogP contribution in [0.1, 0.15) is 17.8 Å². The number of anilines is 1. The molecule has 3 N–H and O–H groups in total. The van der Waals surface area contributed by atoms with E-state index in [9.17, 15) is 13.6 Å². The first-order valence-corrected chi connectivity index (χ1v) is 3.75. The van der Waals surface area contributed by atoms with Gasteiger partial charge in [0.25, 0.3) is 6.43 Å². The second-order valence-electron chi connectivity index (χ2n) is 2.69. The number of carbonyl (C=O) groups is 1. The van der Waals surface area contributed by atoms with Crippen molar-refractivity contribution in [2.45, 2.75) is 12.8 Å². The van der Waals surface area contributed by atoms with E-state index in [0.29, 0.717) is 0 Å². The summed E-state index contributed by atoms with van der Waals surface area (Å²) in [6.45, 7) is 0. The fraction of sp³-hybridized carbons (Fsp3) is 0.250. The molecule has 14 heavy (non-hydrogen) atoms. The van der Waals surface area contributed by atoms with E-state index in [2.05, 4.69) is 4.98 Å². The third-order valence-corrected chi connectivity index (χ3v) is 1.48. The maximum Gasteiger partial charge on any atom is 0.309 e. The van der Waals surface area contributed by atoms with Crippen molar-refractivity contribution in [2.24, 2.45) is 0 Å². The highest BCUT2D eigenvalue weighted by molar-refractivity contribution is 5.70. The molecule has 0 unspecified atom stereocenters. The summed E-state index contributed by atoms with van der Waals surface area (Å²) in [7, 11) is 0. The molecule has 0 aliphatic rings. The van der Waals surface area contributed by atoms with Crippen LogP contribution in [0.4, 0.5) is 14.5 Å². The summed E-state index contributed by atoms with van der Waals surface area (Å²) in [6.07, 6.45) is -3.16. The second kappa shape index (κ2) is 3.99. The molecule has 4 nitrogen and oxygen atoms in total. The van der Waals surface area contributed by atoms with Gasteiger partial charge < -0.3 is 10.8 Å². The van der Waals surface area contributed by atoms with Gasteiger partial charge in [-0.1, -0.05) is 0 Å². The molecule has 0 aliphatic heterocycles. The van der Waals surface area contributed by atoms with Crippen molar-refractivity contribution in [1.82, 2.24) is 4.98 Å². The van der Waals surface area contributed by atoms with Crippen LogP contribution in [0.3, 0.4) is 0 Å². The molecule has 0 saturated carbocycles. The molecular weight excluding hydrogens is 194 g/mol. The SMILES string of the molecule is Nc1cc(CC(=O)O)nc(C(F)F)c1. The number of halogens is 2. The van der Waals surface area contributed by atoms with Crippen LogP contribution in [0.2, 0.25) is 0 Å². The molecule has 1 heterocycles. The second-order valence-corrected chi connectivity index (χ2v) is 2.69. The Bertz CT molecular complexity index is 355. The predicted octanol–water partition coefficient (Wildman–Crippen LogP) is 1.23. The number of hydrogen-bond acceptors (Lipinski definition) is 3. The van der Waals surface area contributed by atoms with Crippen LogP contribution in [0.5, 0.6) is 0 Å². The topological polar surface area (TPSA) is 76.2 Å². The standard InChI is InChI=1S/C8H8F2N2O2/c9-8(10)6-2-4(11)1-5(12-6)3-7(13)14/h1-2,8H,3H2,(H2,11,12)(H,13,14). The number of aromatic nitrogens is 1. The lowest BCUT2D eigenvalue weighted by Gasteiger charge is -2.03. The van der Waals surface area contributed by atoms with Crippen molar-refractivity contribution < 1.29 is 18.7 Å². The van der Waals surface area contributed by atoms with Gasteiger partial charge in [-0.2, -0.15) is 0 Å². The number of pyridine rings is 1. The highest BCUT2D eigenvalue weighted by Crippen LogP contribution is 2.19. The minimum atomic E-state index is -2.74. The molecular formula is C8H8F2N2O2. The number of carboxylic acids is 1. The summed E-state index contributed by atoms with van der Waals surface area (Å²) in [5.74, 6) is -1.14. The molecule has 0 saturated heterocycles. The van der Waals surface area contributed by atoms with Crippen molar-refractivity contribution in [3.05, 3.63) is 23.5 Å². The molecule has 1 rings (SSSR count). The van der Waals surface area contributed by atoms with Gasteiger partial charge in [0.1, 0.15) is 5.69 Å². The zero-order valence-electron chi connectivity index (χ0n) is 7.08. The number of nitrogens with zero attached hydrogens (tertiary/aromatic N) is 1. The molecule has 0 radical (unpaired) electrons. The lowest BCUT2D eigenvalue weighted by Crippen LogP contribution is -2.05. The van der Waals surface area contributed by atoms with E-state index in [-0.39, 0.29) is 11.4 Å². The number of aliphatic carboxylic acids is 1. The molecule has 76 valence electrons. The van der Waals surface area contributed by atoms with Gasteiger partial charge in [-0.3, -0.25) is 9.78 Å². The lowest BCUT2D eigenvalue weighted by molar-refractivity contribution is -0.136. The summed E-state index contributed by atoms with van der Waals surface area (Å²) in [5.41, 5.74) is 4.93. The maximum atomic E-state index is 12.2. The van der Waals surface area contributed by atoms with Crippen molar-refractivity contribution >= 4 is 11.7 Å². The summed E-state index contributed by atoms with van der Waals surface area (Å²) in [5, 5.41) is 8.42. The average molecular weight is 202 g/mol. The van der Waals surface area contributed by atoms with Crippen LogP contribution in [0.15, 0.2) is 12.1 Å². The first-order valence-electron chi connectivity index (χ1n) is 3.75. The molecule has 0 atom stereocenters. The van der Waals surface area contributed by atoms with Crippen LogP contribution in [0.25, 0.3) is 0 Å². The van der Waals surface area contributed by atoms with E-state index in [1.165, 1.54) is 6.07 Å². The summed E-state index contributed by atoms with van der Waals surface area (Å²) < 4.78 is 24.4. The predicted molar refractivity (Wildman–Crippen MR) is 44.9 cm³/mol. The number of nitrogen functional groups attached to an aromatic ring is 1. The Kier molecular flexibility index (Phi) is 2.95. The third kappa shape index (κ3) is 2.65. The Morgan fingerprint density at radius 1 is 1.57 bits per heavy atom. The van der Waals surface area contributed by atoms with E-state index < -0.39 is 24.5 Å². The largest absolute Gasteiger partial charge is 0.481 e. The van der Waals surface area contributed by atoms with E-state index in [1.807, 2.05) is 0 Å². The van der Waals surface area contributed by atoms with Gasteiger partial charge in [0, 0.05) is 5.69 Å². The van der Waals surface area contributed by atoms with Crippen molar-refractivity contribution in [1.29, 1.82) is 0 Å². The van der Waals surface area contributed by atoms with Gasteiger partial charge in [0.15, 0.2) is 0 Å². The van der Waals surface area contributed by atoms with Crippen molar-refractivity contribution in [2.75, 3.05) is 5.73 Å². The van der Waals surface area contributed by atoms with Crippen LogP contribution < -0.4 is 5.73 Å². The Hall–Kier alpha value is -1.72. The lowest BCUT2D eigenvalue weighted by atomic mass is 10.2. The van der Waals surface area contributed by atoms with E-state index in [0.717, 1.165) is 6.07 Å². The highest BCUT2D eigenvalue weighted by atomic mass is 19.3. The third-order valence-electron chi connectivity index (χ3n) is 1.48. The van der Waals surface area contributed by atoms with Gasteiger partial charge in [0.05, 0.1) is 12.1 Å². The summed E-state index contributed by atoms with van der Waals surface area (Å²) >= 11 is 0. The zero-order chi connectivity index (χ0) is 10.7. The Labute approximate surface area is 78.4 Å². The number of carboxylic acid groups (broad SMARTS) is 1. The molecule has 0 amide bonds. The number of hydrogen-bond donors (Lipinski definition) is 2. The summed E-state index contributed by atoms with van der Waals surface area (Å²) in [6, 6.07) is 2.29. The number of rotatable bonds is 3. The Balaban J connectivity index is 3.01. The van der Waals surface area contributed by atoms with E-state index >= 15 is 0 Å². The molecule has 1 aromatic rings. The van der Waals surface area contributed by atoms with Crippen LogP contribution in [-0.4, -0.2) is 16.1 Å². The first kappa shape index (κ1) is 10.4. The molecule has 6 heteroatoms. The van der Waals surface area contributed by atoms with E-state index in [1.54, 1.807) is 0 Å². The molecule has 0 spiro atoms. The van der Waals surface area contributed by atoms with Gasteiger partial charge in [-0.25, -0.2) is 8.78 Å². The average Bonchev–Trinajstić information content (AvgIpc) is 2.01. The minimum absolute atomic E-state index is 0.0350.